The topological polar surface area (TPSA) is 121 Å². The number of furan rings is 1. The highest BCUT2D eigenvalue weighted by atomic mass is 16.6. The number of aryl methyl sites for hydroxylation is 2. The normalized spacial score (nSPS) is 10.6. The van der Waals surface area contributed by atoms with E-state index in [1.807, 2.05) is 0 Å². The van der Waals surface area contributed by atoms with Crippen LogP contribution in [0.2, 0.25) is 0 Å². The maximum atomic E-state index is 12.3. The van der Waals surface area contributed by atoms with Gasteiger partial charge in [0.1, 0.15) is 11.3 Å². The van der Waals surface area contributed by atoms with Crippen molar-refractivity contribution in [2.75, 3.05) is 19.0 Å². The molecule has 0 atom stereocenters. The molecule has 0 unspecified atom stereocenters. The van der Waals surface area contributed by atoms with Gasteiger partial charge in [0, 0.05) is 23.1 Å². The quantitative estimate of drug-likeness (QED) is 0.381. The molecule has 0 radical (unpaired) electrons. The van der Waals surface area contributed by atoms with Gasteiger partial charge in [-0.3, -0.25) is 14.9 Å². The Morgan fingerprint density at radius 3 is 2.62 bits per heavy atom. The van der Waals surface area contributed by atoms with Crippen molar-refractivity contribution in [1.29, 1.82) is 0 Å². The highest BCUT2D eigenvalue weighted by Gasteiger charge is 2.21. The van der Waals surface area contributed by atoms with Crippen LogP contribution >= 0.6 is 0 Å². The molecule has 3 rings (SSSR count). The van der Waals surface area contributed by atoms with E-state index in [0.29, 0.717) is 27.8 Å². The van der Waals surface area contributed by atoms with Crippen LogP contribution in [0, 0.1) is 24.0 Å². The van der Waals surface area contributed by atoms with Crippen molar-refractivity contribution in [3.05, 3.63) is 63.4 Å². The molecule has 0 saturated carbocycles. The molecule has 29 heavy (non-hydrogen) atoms. The van der Waals surface area contributed by atoms with Gasteiger partial charge in [-0.15, -0.1) is 0 Å². The van der Waals surface area contributed by atoms with Gasteiger partial charge in [-0.25, -0.2) is 4.79 Å². The Morgan fingerprint density at radius 2 is 1.93 bits per heavy atom. The van der Waals surface area contributed by atoms with Gasteiger partial charge in [-0.05, 0) is 37.6 Å². The first-order chi connectivity index (χ1) is 13.8. The van der Waals surface area contributed by atoms with Crippen LogP contribution in [0.1, 0.15) is 21.7 Å². The van der Waals surface area contributed by atoms with Crippen molar-refractivity contribution in [3.8, 4) is 5.75 Å². The molecule has 1 aromatic heterocycles. The molecule has 1 N–H and O–H groups in total. The fourth-order valence-electron chi connectivity index (χ4n) is 2.76. The summed E-state index contributed by atoms with van der Waals surface area (Å²) in [6.45, 7) is 2.83. The van der Waals surface area contributed by atoms with Gasteiger partial charge in [0.25, 0.3) is 11.6 Å². The number of hydrogen-bond donors (Lipinski definition) is 1. The molecule has 0 aliphatic rings. The minimum atomic E-state index is -0.788. The Labute approximate surface area is 165 Å². The Balaban J connectivity index is 1.69. The Morgan fingerprint density at radius 1 is 1.17 bits per heavy atom. The number of carbonyl (C=O) groups is 2. The third-order valence-corrected chi connectivity index (χ3v) is 4.37. The number of nitrogens with one attached hydrogen (secondary N) is 1. The number of esters is 1. The average Bonchev–Trinajstić information content (AvgIpc) is 3.03. The van der Waals surface area contributed by atoms with Crippen molar-refractivity contribution in [2.24, 2.45) is 0 Å². The number of ether oxygens (including phenoxy) is 2. The van der Waals surface area contributed by atoms with Gasteiger partial charge >= 0.3 is 5.97 Å². The summed E-state index contributed by atoms with van der Waals surface area (Å²) in [7, 11) is 1.54. The van der Waals surface area contributed by atoms with Crippen LogP contribution in [-0.4, -0.2) is 30.5 Å². The number of nitro groups is 1. The average molecular weight is 398 g/mol. The number of non-ortho nitro benzene ring substituents is 1. The number of rotatable bonds is 6. The van der Waals surface area contributed by atoms with Gasteiger partial charge in [0.15, 0.2) is 6.61 Å². The third kappa shape index (κ3) is 4.18. The van der Waals surface area contributed by atoms with Crippen molar-refractivity contribution in [3.63, 3.8) is 0 Å². The zero-order valence-corrected chi connectivity index (χ0v) is 16.0. The molecule has 1 amide bonds. The SMILES string of the molecule is COc1ccc2oc(C(=O)OCC(=O)Nc3cc([N+](=O)[O-])ccc3C)c(C)c2c1. The number of fused-ring (bicyclic) bond motifs is 1. The molecule has 150 valence electrons. The zero-order chi connectivity index (χ0) is 21.1. The highest BCUT2D eigenvalue weighted by Crippen LogP contribution is 2.29. The second-order valence-corrected chi connectivity index (χ2v) is 6.30. The van der Waals surface area contributed by atoms with E-state index in [2.05, 4.69) is 5.32 Å². The number of carbonyl (C=O) groups excluding carboxylic acids is 2. The smallest absolute Gasteiger partial charge is 0.375 e. The molecule has 3 aromatic rings. The number of benzene rings is 2. The summed E-state index contributed by atoms with van der Waals surface area (Å²) in [5.41, 5.74) is 1.81. The molecular weight excluding hydrogens is 380 g/mol. The standard InChI is InChI=1S/C20H18N2O7/c1-11-4-5-13(22(25)26)8-16(11)21-18(23)10-28-20(24)19-12(2)15-9-14(27-3)6-7-17(15)29-19/h4-9H,10H2,1-3H3,(H,21,23). The van der Waals surface area contributed by atoms with E-state index in [-0.39, 0.29) is 17.1 Å². The number of methoxy groups -OCH3 is 1. The number of nitro benzene ring substituents is 1. The maximum Gasteiger partial charge on any atom is 0.375 e. The van der Waals surface area contributed by atoms with E-state index in [4.69, 9.17) is 13.9 Å². The lowest BCUT2D eigenvalue weighted by Crippen LogP contribution is -2.21. The molecular formula is C20H18N2O7. The highest BCUT2D eigenvalue weighted by molar-refractivity contribution is 5.98. The molecule has 0 fully saturated rings. The van der Waals surface area contributed by atoms with E-state index in [0.717, 1.165) is 0 Å². The predicted molar refractivity (Wildman–Crippen MR) is 104 cm³/mol. The van der Waals surface area contributed by atoms with Crippen LogP contribution in [0.4, 0.5) is 11.4 Å². The first-order valence-corrected chi connectivity index (χ1v) is 8.59. The minimum Gasteiger partial charge on any atom is -0.497 e. The molecule has 0 saturated heterocycles. The molecule has 0 aliphatic carbocycles. The van der Waals surface area contributed by atoms with Gasteiger partial charge in [-0.2, -0.15) is 0 Å². The number of amides is 1. The van der Waals surface area contributed by atoms with Gasteiger partial charge < -0.3 is 19.2 Å². The summed E-state index contributed by atoms with van der Waals surface area (Å²) in [5, 5.41) is 14.1. The summed E-state index contributed by atoms with van der Waals surface area (Å²) in [6, 6.07) is 9.22. The molecule has 9 heteroatoms. The van der Waals surface area contributed by atoms with E-state index in [1.54, 1.807) is 32.0 Å². The molecule has 1 heterocycles. The summed E-state index contributed by atoms with van der Waals surface area (Å²) in [5.74, 6) is -0.804. The second-order valence-electron chi connectivity index (χ2n) is 6.30. The Hall–Kier alpha value is -3.88. The van der Waals surface area contributed by atoms with Crippen LogP contribution in [0.15, 0.2) is 40.8 Å². The monoisotopic (exact) mass is 398 g/mol. The first kappa shape index (κ1) is 19.9. The lowest BCUT2D eigenvalue weighted by molar-refractivity contribution is -0.384. The van der Waals surface area contributed by atoms with Crippen LogP contribution in [0.25, 0.3) is 11.0 Å². The summed E-state index contributed by atoms with van der Waals surface area (Å²) in [6.07, 6.45) is 0. The minimum absolute atomic E-state index is 0.00687. The number of hydrogen-bond acceptors (Lipinski definition) is 7. The molecule has 2 aromatic carbocycles. The molecule has 0 spiro atoms. The lowest BCUT2D eigenvalue weighted by atomic mass is 10.1. The lowest BCUT2D eigenvalue weighted by Gasteiger charge is -2.08. The predicted octanol–water partition coefficient (Wildman–Crippen LogP) is 3.76. The molecule has 0 aliphatic heterocycles. The fraction of sp³-hybridized carbons (Fsp3) is 0.200. The van der Waals surface area contributed by atoms with E-state index >= 15 is 0 Å². The van der Waals surface area contributed by atoms with E-state index in [1.165, 1.54) is 25.3 Å². The van der Waals surface area contributed by atoms with Crippen LogP contribution in [0.5, 0.6) is 5.75 Å². The fourth-order valence-corrected chi connectivity index (χ4v) is 2.76. The molecule has 0 bridgehead atoms. The largest absolute Gasteiger partial charge is 0.497 e. The van der Waals surface area contributed by atoms with Crippen LogP contribution in [-0.2, 0) is 9.53 Å². The summed E-state index contributed by atoms with van der Waals surface area (Å²) >= 11 is 0. The zero-order valence-electron chi connectivity index (χ0n) is 16.0. The van der Waals surface area contributed by atoms with Gasteiger partial charge in [-0.1, -0.05) is 6.07 Å². The summed E-state index contributed by atoms with van der Waals surface area (Å²) < 4.78 is 15.7. The molecule has 9 nitrogen and oxygen atoms in total. The summed E-state index contributed by atoms with van der Waals surface area (Å²) in [4.78, 5) is 34.8. The third-order valence-electron chi connectivity index (χ3n) is 4.37. The Bertz CT molecular complexity index is 1120. The van der Waals surface area contributed by atoms with E-state index in [9.17, 15) is 19.7 Å². The maximum absolute atomic E-state index is 12.3. The van der Waals surface area contributed by atoms with Crippen LogP contribution in [0.3, 0.4) is 0 Å². The number of anilines is 1. The van der Waals surface area contributed by atoms with Crippen LogP contribution < -0.4 is 10.1 Å². The Kier molecular flexibility index (Phi) is 5.49. The van der Waals surface area contributed by atoms with Gasteiger partial charge in [0.05, 0.1) is 17.7 Å². The van der Waals surface area contributed by atoms with E-state index < -0.39 is 23.4 Å². The number of nitrogens with zero attached hydrogens (tertiary/aromatic N) is 1. The van der Waals surface area contributed by atoms with Crippen molar-refractivity contribution in [2.45, 2.75) is 13.8 Å². The first-order valence-electron chi connectivity index (χ1n) is 8.59. The van der Waals surface area contributed by atoms with Crippen molar-refractivity contribution in [1.82, 2.24) is 0 Å². The van der Waals surface area contributed by atoms with Crippen molar-refractivity contribution < 1.29 is 28.4 Å². The van der Waals surface area contributed by atoms with Gasteiger partial charge in [0.2, 0.25) is 5.76 Å². The van der Waals surface area contributed by atoms with Crippen molar-refractivity contribution >= 4 is 34.2 Å². The second kappa shape index (κ2) is 8.01.